The van der Waals surface area contributed by atoms with Crippen molar-refractivity contribution >= 4 is 39.1 Å². The van der Waals surface area contributed by atoms with Crippen molar-refractivity contribution in [2.24, 2.45) is 0 Å². The monoisotopic (exact) mass is 274 g/mol. The molecule has 0 atom stereocenters. The molecule has 0 amide bonds. The van der Waals surface area contributed by atoms with Gasteiger partial charge in [0.25, 0.3) is 6.43 Å². The second-order valence-electron chi connectivity index (χ2n) is 2.10. The minimum Gasteiger partial charge on any atom is -0.205 e. The lowest BCUT2D eigenvalue weighted by Crippen LogP contribution is -1.84. The first-order valence-corrected chi connectivity index (χ1v) is 4.50. The lowest BCUT2D eigenvalue weighted by molar-refractivity contribution is 0.151. The van der Waals surface area contributed by atoms with Gasteiger partial charge in [0, 0.05) is 5.56 Å². The molecule has 0 spiro atoms. The highest BCUT2D eigenvalue weighted by molar-refractivity contribution is 9.10. The number of benzene rings is 1. The fraction of sp³-hybridized carbons (Fsp3) is 0.143. The van der Waals surface area contributed by atoms with E-state index >= 15 is 0 Å². The van der Waals surface area contributed by atoms with Crippen LogP contribution in [0.1, 0.15) is 12.0 Å². The number of alkyl halides is 2. The van der Waals surface area contributed by atoms with Gasteiger partial charge in [-0.2, -0.15) is 0 Å². The molecule has 0 aliphatic rings. The van der Waals surface area contributed by atoms with Gasteiger partial charge in [-0.1, -0.05) is 23.2 Å². The topological polar surface area (TPSA) is 0 Å². The maximum Gasteiger partial charge on any atom is 0.263 e. The van der Waals surface area contributed by atoms with E-state index in [2.05, 4.69) is 15.9 Å². The predicted octanol–water partition coefficient (Wildman–Crippen LogP) is 4.69. The second kappa shape index (κ2) is 3.90. The molecule has 0 heterocycles. The molecule has 0 radical (unpaired) electrons. The zero-order valence-corrected chi connectivity index (χ0v) is 8.72. The van der Waals surface area contributed by atoms with E-state index in [4.69, 9.17) is 23.2 Å². The standard InChI is InChI=1S/C7H3BrCl2F2/c8-6-4(9)1-3(7(11)12)2-5(6)10/h1-2,7H. The third-order valence-electron chi connectivity index (χ3n) is 1.26. The first-order chi connectivity index (χ1) is 5.52. The molecule has 1 aromatic carbocycles. The Bertz CT molecular complexity index is 278. The van der Waals surface area contributed by atoms with Crippen LogP contribution in [0.25, 0.3) is 0 Å². The summed E-state index contributed by atoms with van der Waals surface area (Å²) < 4.78 is 24.7. The van der Waals surface area contributed by atoms with Gasteiger partial charge in [-0.25, -0.2) is 8.78 Å². The number of hydrogen-bond acceptors (Lipinski definition) is 0. The molecular formula is C7H3BrCl2F2. The molecule has 5 heteroatoms. The van der Waals surface area contributed by atoms with Crippen molar-refractivity contribution in [3.8, 4) is 0 Å². The van der Waals surface area contributed by atoms with Gasteiger partial charge in [0.2, 0.25) is 0 Å². The second-order valence-corrected chi connectivity index (χ2v) is 3.71. The maximum atomic E-state index is 12.1. The Morgan fingerprint density at radius 1 is 1.17 bits per heavy atom. The van der Waals surface area contributed by atoms with Gasteiger partial charge in [0.05, 0.1) is 14.5 Å². The Hall–Kier alpha value is 0.140. The van der Waals surface area contributed by atoms with Crippen molar-refractivity contribution < 1.29 is 8.78 Å². The van der Waals surface area contributed by atoms with Crippen LogP contribution in [0.4, 0.5) is 8.78 Å². The maximum absolute atomic E-state index is 12.1. The Morgan fingerprint density at radius 3 is 1.92 bits per heavy atom. The molecular weight excluding hydrogens is 273 g/mol. The normalized spacial score (nSPS) is 10.8. The van der Waals surface area contributed by atoms with Crippen LogP contribution < -0.4 is 0 Å². The number of hydrogen-bond donors (Lipinski definition) is 0. The van der Waals surface area contributed by atoms with Gasteiger partial charge < -0.3 is 0 Å². The molecule has 0 fully saturated rings. The van der Waals surface area contributed by atoms with E-state index < -0.39 is 6.43 Å². The van der Waals surface area contributed by atoms with Gasteiger partial charge in [0.15, 0.2) is 0 Å². The molecule has 0 nitrogen and oxygen atoms in total. The summed E-state index contributed by atoms with van der Waals surface area (Å²) in [5, 5.41) is 0.385. The molecule has 0 aromatic heterocycles. The van der Waals surface area contributed by atoms with Crippen LogP contribution in [0.15, 0.2) is 16.6 Å². The molecule has 0 saturated heterocycles. The van der Waals surface area contributed by atoms with Gasteiger partial charge in [0.1, 0.15) is 0 Å². The predicted molar refractivity (Wildman–Crippen MR) is 49.1 cm³/mol. The molecule has 1 rings (SSSR count). The average molecular weight is 276 g/mol. The van der Waals surface area contributed by atoms with E-state index in [1.165, 1.54) is 12.1 Å². The third kappa shape index (κ3) is 2.09. The molecule has 66 valence electrons. The minimum absolute atomic E-state index is 0.173. The molecule has 0 bridgehead atoms. The number of rotatable bonds is 1. The molecule has 12 heavy (non-hydrogen) atoms. The highest BCUT2D eigenvalue weighted by atomic mass is 79.9. The summed E-state index contributed by atoms with van der Waals surface area (Å²) in [6, 6.07) is 2.37. The SMILES string of the molecule is FC(F)c1cc(Cl)c(Br)c(Cl)c1. The van der Waals surface area contributed by atoms with Crippen LogP contribution in [0.5, 0.6) is 0 Å². The first kappa shape index (κ1) is 10.2. The quantitative estimate of drug-likeness (QED) is 0.652. The fourth-order valence-electron chi connectivity index (χ4n) is 0.701. The van der Waals surface area contributed by atoms with Crippen LogP contribution in [0.2, 0.25) is 10.0 Å². The zero-order chi connectivity index (χ0) is 9.30. The summed E-state index contributed by atoms with van der Waals surface area (Å²) in [5.41, 5.74) is -0.173. The molecule has 0 N–H and O–H groups in total. The summed E-state index contributed by atoms with van der Waals surface area (Å²) in [5.74, 6) is 0. The highest BCUT2D eigenvalue weighted by Gasteiger charge is 2.11. The molecule has 0 aliphatic carbocycles. The highest BCUT2D eigenvalue weighted by Crippen LogP contribution is 2.34. The minimum atomic E-state index is -2.55. The summed E-state index contributed by atoms with van der Waals surface area (Å²) in [7, 11) is 0. The van der Waals surface area contributed by atoms with Crippen LogP contribution in [-0.2, 0) is 0 Å². The van der Waals surface area contributed by atoms with Crippen LogP contribution in [0.3, 0.4) is 0 Å². The molecule has 0 aliphatic heterocycles. The lowest BCUT2D eigenvalue weighted by Gasteiger charge is -2.03. The van der Waals surface area contributed by atoms with Crippen molar-refractivity contribution in [2.45, 2.75) is 6.43 Å². The van der Waals surface area contributed by atoms with Crippen LogP contribution >= 0.6 is 39.1 Å². The third-order valence-corrected chi connectivity index (χ3v) is 3.17. The van der Waals surface area contributed by atoms with Crippen molar-refractivity contribution in [3.63, 3.8) is 0 Å². The van der Waals surface area contributed by atoms with Gasteiger partial charge in [-0.05, 0) is 28.1 Å². The van der Waals surface area contributed by atoms with E-state index in [0.717, 1.165) is 0 Å². The lowest BCUT2D eigenvalue weighted by atomic mass is 10.2. The Labute approximate surface area is 86.6 Å². The number of halogens is 5. The fourth-order valence-corrected chi connectivity index (χ4v) is 1.43. The van der Waals surface area contributed by atoms with Crippen molar-refractivity contribution in [2.75, 3.05) is 0 Å². The van der Waals surface area contributed by atoms with E-state index in [1.807, 2.05) is 0 Å². The van der Waals surface area contributed by atoms with Gasteiger partial charge in [-0.3, -0.25) is 0 Å². The van der Waals surface area contributed by atoms with E-state index in [-0.39, 0.29) is 15.6 Å². The zero-order valence-electron chi connectivity index (χ0n) is 5.62. The van der Waals surface area contributed by atoms with Crippen molar-refractivity contribution in [3.05, 3.63) is 32.2 Å². The molecule has 0 unspecified atom stereocenters. The van der Waals surface area contributed by atoms with Crippen molar-refractivity contribution in [1.82, 2.24) is 0 Å². The summed E-state index contributed by atoms with van der Waals surface area (Å²) in [6.45, 7) is 0. The largest absolute Gasteiger partial charge is 0.263 e. The first-order valence-electron chi connectivity index (χ1n) is 2.95. The summed E-state index contributed by atoms with van der Waals surface area (Å²) in [6.07, 6.45) is -2.55. The van der Waals surface area contributed by atoms with Gasteiger partial charge >= 0.3 is 0 Å². The Morgan fingerprint density at radius 2 is 1.58 bits per heavy atom. The summed E-state index contributed by atoms with van der Waals surface area (Å²) >= 11 is 14.3. The molecule has 0 saturated carbocycles. The van der Waals surface area contributed by atoms with E-state index in [0.29, 0.717) is 4.47 Å². The average Bonchev–Trinajstić information content (AvgIpc) is 1.99. The smallest absolute Gasteiger partial charge is 0.205 e. The molecule has 1 aromatic rings. The van der Waals surface area contributed by atoms with Crippen LogP contribution in [0, 0.1) is 0 Å². The van der Waals surface area contributed by atoms with Crippen molar-refractivity contribution in [1.29, 1.82) is 0 Å². The Kier molecular flexibility index (Phi) is 3.32. The Balaban J connectivity index is 3.21. The van der Waals surface area contributed by atoms with Gasteiger partial charge in [-0.15, -0.1) is 0 Å². The van der Waals surface area contributed by atoms with E-state index in [9.17, 15) is 8.78 Å². The van der Waals surface area contributed by atoms with Crippen LogP contribution in [-0.4, -0.2) is 0 Å². The summed E-state index contributed by atoms with van der Waals surface area (Å²) in [4.78, 5) is 0. The van der Waals surface area contributed by atoms with E-state index in [1.54, 1.807) is 0 Å².